The second kappa shape index (κ2) is 14.8. The molecule has 1 unspecified atom stereocenters. The van der Waals surface area contributed by atoms with Crippen LogP contribution >= 0.6 is 0 Å². The fraction of sp³-hybridized carbons (Fsp3) is 0.750. The maximum Gasteiger partial charge on any atom is 0.416 e. The molecule has 0 heterocycles. The minimum Gasteiger partial charge on any atom is -0.330 e. The van der Waals surface area contributed by atoms with Gasteiger partial charge < -0.3 is 14.2 Å². The molecule has 1 aromatic carbocycles. The van der Waals surface area contributed by atoms with Gasteiger partial charge in [-0.1, -0.05) is 51.9 Å². The molecule has 1 aromatic rings. The van der Waals surface area contributed by atoms with E-state index in [2.05, 4.69) is 6.92 Å². The molecule has 0 aromatic heterocycles. The molecule has 0 aliphatic rings. The van der Waals surface area contributed by atoms with Gasteiger partial charge in [0.25, 0.3) is 6.48 Å². The van der Waals surface area contributed by atoms with Crippen LogP contribution in [0.5, 0.6) is 0 Å². The molecule has 0 fully saturated rings. The zero-order valence-electron chi connectivity index (χ0n) is 19.7. The van der Waals surface area contributed by atoms with Gasteiger partial charge in [-0.15, -0.1) is 0 Å². The molecule has 0 amide bonds. The quantitative estimate of drug-likeness (QED) is 0.134. The first-order valence-corrected chi connectivity index (χ1v) is 11.7. The molecule has 9 heteroatoms. The summed E-state index contributed by atoms with van der Waals surface area (Å²) in [6.07, 6.45) is -2.81. The molecule has 1 atom stereocenters. The summed E-state index contributed by atoms with van der Waals surface area (Å²) in [6, 6.07) is 1.65. The summed E-state index contributed by atoms with van der Waals surface area (Å²) in [5.74, 6) is 0. The largest absolute Gasteiger partial charge is 0.416 e. The van der Waals surface area contributed by atoms with Crippen LogP contribution in [0.1, 0.15) is 88.8 Å². The Labute approximate surface area is 192 Å². The van der Waals surface area contributed by atoms with Crippen LogP contribution in [0, 0.1) is 0 Å². The third kappa shape index (κ3) is 12.1. The summed E-state index contributed by atoms with van der Waals surface area (Å²) in [6.45, 7) is 5.16. The topological polar surface area (TPSA) is 27.7 Å². The number of benzene rings is 1. The number of hydrogen-bond acceptors (Lipinski definition) is 3. The number of ether oxygens (including phenoxy) is 3. The smallest absolute Gasteiger partial charge is 0.330 e. The van der Waals surface area contributed by atoms with Gasteiger partial charge in [0.15, 0.2) is 0 Å². The summed E-state index contributed by atoms with van der Waals surface area (Å²) < 4.78 is 95.9. The van der Waals surface area contributed by atoms with Crippen molar-refractivity contribution in [1.82, 2.24) is 0 Å². The molecular weight excluding hydrogens is 450 g/mol. The van der Waals surface area contributed by atoms with E-state index in [0.717, 1.165) is 50.7 Å². The van der Waals surface area contributed by atoms with Crippen LogP contribution in [0.3, 0.4) is 0 Å². The molecule has 0 radical (unpaired) electrons. The first-order valence-electron chi connectivity index (χ1n) is 11.7. The normalized spacial score (nSPS) is 13.6. The third-order valence-corrected chi connectivity index (χ3v) is 5.15. The number of hydrogen-bond donors (Lipinski definition) is 0. The molecule has 0 saturated heterocycles. The first-order chi connectivity index (χ1) is 15.5. The van der Waals surface area contributed by atoms with Gasteiger partial charge in [-0.25, -0.2) is 0 Å². The van der Waals surface area contributed by atoms with Crippen molar-refractivity contribution >= 4 is 0 Å². The SMILES string of the molecule is CCCCCCCCCC(Cc1cc(C(F)(F)F)cc(C(F)(F)F)c1)OC(OCC)OCC. The Morgan fingerprint density at radius 3 is 1.64 bits per heavy atom. The van der Waals surface area contributed by atoms with Gasteiger partial charge in [0.05, 0.1) is 17.2 Å². The lowest BCUT2D eigenvalue weighted by Gasteiger charge is -2.25. The molecular formula is C24H36F6O3. The third-order valence-electron chi connectivity index (χ3n) is 5.15. The molecule has 0 aliphatic carbocycles. The van der Waals surface area contributed by atoms with E-state index in [-0.39, 0.29) is 31.3 Å². The molecule has 0 bridgehead atoms. The van der Waals surface area contributed by atoms with Crippen molar-refractivity contribution in [3.63, 3.8) is 0 Å². The van der Waals surface area contributed by atoms with E-state index in [1.54, 1.807) is 13.8 Å². The standard InChI is InChI=1S/C24H36F6O3/c1-4-7-8-9-10-11-12-13-21(33-22(31-5-2)32-6-3)16-18-14-19(23(25,26)27)17-20(15-18)24(28,29)30/h14-15,17,21-22H,4-13,16H2,1-3H3. The van der Waals surface area contributed by atoms with E-state index in [0.29, 0.717) is 6.42 Å². The Morgan fingerprint density at radius 1 is 0.697 bits per heavy atom. The molecule has 0 aliphatic heterocycles. The Morgan fingerprint density at radius 2 is 1.18 bits per heavy atom. The van der Waals surface area contributed by atoms with Crippen LogP contribution in [0.25, 0.3) is 0 Å². The maximum absolute atomic E-state index is 13.2. The minimum absolute atomic E-state index is 0.0863. The lowest BCUT2D eigenvalue weighted by Crippen LogP contribution is -2.29. The van der Waals surface area contributed by atoms with Crippen molar-refractivity contribution in [2.24, 2.45) is 0 Å². The first kappa shape index (κ1) is 29.7. The summed E-state index contributed by atoms with van der Waals surface area (Å²) in [7, 11) is 0. The van der Waals surface area contributed by atoms with Gasteiger partial charge in [-0.05, 0) is 50.5 Å². The zero-order valence-corrected chi connectivity index (χ0v) is 19.7. The predicted molar refractivity (Wildman–Crippen MR) is 115 cm³/mol. The minimum atomic E-state index is -4.88. The second-order valence-electron chi connectivity index (χ2n) is 7.99. The summed E-state index contributed by atoms with van der Waals surface area (Å²) in [5, 5.41) is 0. The Kier molecular flexibility index (Phi) is 13.4. The summed E-state index contributed by atoms with van der Waals surface area (Å²) in [5.41, 5.74) is -2.74. The Hall–Kier alpha value is -1.32. The molecule has 0 spiro atoms. The van der Waals surface area contributed by atoms with Gasteiger partial charge in [0, 0.05) is 13.2 Å². The van der Waals surface area contributed by atoms with Crippen LogP contribution in [0.2, 0.25) is 0 Å². The highest BCUT2D eigenvalue weighted by molar-refractivity contribution is 5.34. The number of halogens is 6. The van der Waals surface area contributed by atoms with Crippen molar-refractivity contribution in [3.8, 4) is 0 Å². The zero-order chi connectivity index (χ0) is 24.9. The number of unbranched alkanes of at least 4 members (excludes halogenated alkanes) is 6. The van der Waals surface area contributed by atoms with Gasteiger partial charge in [0.2, 0.25) is 0 Å². The van der Waals surface area contributed by atoms with Crippen LogP contribution in [-0.4, -0.2) is 25.8 Å². The van der Waals surface area contributed by atoms with E-state index in [4.69, 9.17) is 14.2 Å². The summed E-state index contributed by atoms with van der Waals surface area (Å²) >= 11 is 0. The van der Waals surface area contributed by atoms with Gasteiger partial charge in [-0.2, -0.15) is 26.3 Å². The molecule has 0 saturated carbocycles. The highest BCUT2D eigenvalue weighted by Crippen LogP contribution is 2.36. The van der Waals surface area contributed by atoms with Gasteiger partial charge in [-0.3, -0.25) is 0 Å². The second-order valence-corrected chi connectivity index (χ2v) is 7.99. The summed E-state index contributed by atoms with van der Waals surface area (Å²) in [4.78, 5) is 0. The predicted octanol–water partition coefficient (Wildman–Crippen LogP) is 8.15. The van der Waals surface area contributed by atoms with E-state index >= 15 is 0 Å². The fourth-order valence-electron chi connectivity index (χ4n) is 3.50. The van der Waals surface area contributed by atoms with Crippen LogP contribution < -0.4 is 0 Å². The van der Waals surface area contributed by atoms with Crippen molar-refractivity contribution in [1.29, 1.82) is 0 Å². The molecule has 3 nitrogen and oxygen atoms in total. The van der Waals surface area contributed by atoms with Crippen molar-refractivity contribution in [3.05, 3.63) is 34.9 Å². The monoisotopic (exact) mass is 486 g/mol. The van der Waals surface area contributed by atoms with Gasteiger partial charge >= 0.3 is 12.4 Å². The van der Waals surface area contributed by atoms with Crippen molar-refractivity contribution in [2.75, 3.05) is 13.2 Å². The lowest BCUT2D eigenvalue weighted by molar-refractivity contribution is -0.302. The number of rotatable bonds is 16. The average Bonchev–Trinajstić information content (AvgIpc) is 2.72. The molecule has 0 N–H and O–H groups in total. The van der Waals surface area contributed by atoms with Crippen LogP contribution in [-0.2, 0) is 33.0 Å². The van der Waals surface area contributed by atoms with E-state index in [1.165, 1.54) is 6.42 Å². The Balaban J connectivity index is 2.99. The van der Waals surface area contributed by atoms with Crippen LogP contribution in [0.15, 0.2) is 18.2 Å². The average molecular weight is 487 g/mol. The van der Waals surface area contributed by atoms with E-state index < -0.39 is 36.1 Å². The lowest BCUT2D eigenvalue weighted by atomic mass is 9.97. The highest BCUT2D eigenvalue weighted by Gasteiger charge is 2.37. The highest BCUT2D eigenvalue weighted by atomic mass is 19.4. The molecule has 192 valence electrons. The van der Waals surface area contributed by atoms with E-state index in [9.17, 15) is 26.3 Å². The fourth-order valence-corrected chi connectivity index (χ4v) is 3.50. The van der Waals surface area contributed by atoms with Gasteiger partial charge in [0.1, 0.15) is 0 Å². The Bertz CT molecular complexity index is 622. The van der Waals surface area contributed by atoms with Crippen molar-refractivity contribution in [2.45, 2.75) is 103 Å². The molecule has 33 heavy (non-hydrogen) atoms. The van der Waals surface area contributed by atoms with E-state index in [1.807, 2.05) is 0 Å². The van der Waals surface area contributed by atoms with Crippen molar-refractivity contribution < 1.29 is 40.6 Å². The maximum atomic E-state index is 13.2. The molecule has 1 rings (SSSR count). The van der Waals surface area contributed by atoms with Crippen LogP contribution in [0.4, 0.5) is 26.3 Å². The number of alkyl halides is 6.